The predicted molar refractivity (Wildman–Crippen MR) is 43.7 cm³/mol. The van der Waals surface area contributed by atoms with Crippen LogP contribution in [-0.2, 0) is 0 Å². The Balaban J connectivity index is 2.74. The first-order valence-corrected chi connectivity index (χ1v) is 3.47. The molecule has 0 atom stereocenters. The number of nitrogens with zero attached hydrogens (tertiary/aromatic N) is 1. The first-order valence-electron chi connectivity index (χ1n) is 3.47. The lowest BCUT2D eigenvalue weighted by molar-refractivity contribution is 1.14. The first-order chi connectivity index (χ1) is 4.84. The van der Waals surface area contributed by atoms with Gasteiger partial charge in [0.25, 0.3) is 0 Å². The minimum absolute atomic E-state index is 0.852. The molecule has 0 unspecified atom stereocenters. The average molecular weight is 136 g/mol. The highest BCUT2D eigenvalue weighted by Gasteiger charge is 1.91. The summed E-state index contributed by atoms with van der Waals surface area (Å²) in [7, 11) is 0. The van der Waals surface area contributed by atoms with Crippen molar-refractivity contribution in [1.29, 1.82) is 0 Å². The summed E-state index contributed by atoms with van der Waals surface area (Å²) in [6, 6.07) is 0. The van der Waals surface area contributed by atoms with Crippen LogP contribution < -0.4 is 0 Å². The minimum atomic E-state index is 0.852. The Bertz CT molecular complexity index is 223. The lowest BCUT2D eigenvalue weighted by Gasteiger charge is -1.85. The van der Waals surface area contributed by atoms with Gasteiger partial charge in [-0.2, -0.15) is 0 Å². The predicted octanol–water partition coefficient (Wildman–Crippen LogP) is 1.76. The molecule has 1 N–H and O–H groups in total. The van der Waals surface area contributed by atoms with Crippen molar-refractivity contribution >= 4 is 6.21 Å². The lowest BCUT2D eigenvalue weighted by Crippen LogP contribution is -1.80. The number of aliphatic imine (C=N–C) groups is 1. The zero-order valence-electron chi connectivity index (χ0n) is 6.39. The molecule has 2 nitrogen and oxygen atoms in total. The summed E-state index contributed by atoms with van der Waals surface area (Å²) in [6.07, 6.45) is 5.82. The summed E-state index contributed by atoms with van der Waals surface area (Å²) in [5.41, 5.74) is 2.43. The third kappa shape index (κ3) is 1.47. The third-order valence-corrected chi connectivity index (χ3v) is 1.41. The van der Waals surface area contributed by atoms with Gasteiger partial charge in [0.15, 0.2) is 0 Å². The molecule has 0 aliphatic heterocycles. The van der Waals surface area contributed by atoms with Gasteiger partial charge in [-0.25, -0.2) is 0 Å². The highest BCUT2D eigenvalue weighted by Crippen LogP contribution is 2.01. The molecule has 1 rings (SSSR count). The van der Waals surface area contributed by atoms with Gasteiger partial charge in [-0.05, 0) is 19.4 Å². The molecule has 0 spiro atoms. The molecule has 2 heteroatoms. The standard InChI is InChI=1S/C8H12N2/c1-3-9-5-8-6-10-4-7(8)2/h4-6,10H,3H2,1-2H3/b9-5-. The zero-order valence-corrected chi connectivity index (χ0v) is 6.39. The van der Waals surface area contributed by atoms with Crippen molar-refractivity contribution in [2.75, 3.05) is 6.54 Å². The maximum Gasteiger partial charge on any atom is 0.0361 e. The van der Waals surface area contributed by atoms with Crippen molar-refractivity contribution in [2.24, 2.45) is 4.99 Å². The van der Waals surface area contributed by atoms with Gasteiger partial charge in [-0.15, -0.1) is 0 Å². The maximum absolute atomic E-state index is 4.13. The molecule has 0 saturated heterocycles. The number of nitrogens with one attached hydrogen (secondary N) is 1. The fourth-order valence-electron chi connectivity index (χ4n) is 0.782. The fourth-order valence-corrected chi connectivity index (χ4v) is 0.782. The van der Waals surface area contributed by atoms with Gasteiger partial charge in [0.05, 0.1) is 0 Å². The molecule has 0 bridgehead atoms. The number of aromatic amines is 1. The van der Waals surface area contributed by atoms with Crippen molar-refractivity contribution in [3.05, 3.63) is 23.5 Å². The molecule has 0 aliphatic rings. The van der Waals surface area contributed by atoms with Crippen LogP contribution in [0, 0.1) is 6.92 Å². The third-order valence-electron chi connectivity index (χ3n) is 1.41. The van der Waals surface area contributed by atoms with Gasteiger partial charge in [-0.3, -0.25) is 4.99 Å². The number of aryl methyl sites for hydroxylation is 1. The number of hydrogen-bond donors (Lipinski definition) is 1. The molecule has 10 heavy (non-hydrogen) atoms. The van der Waals surface area contributed by atoms with E-state index in [1.54, 1.807) is 0 Å². The molecular weight excluding hydrogens is 124 g/mol. The molecule has 0 saturated carbocycles. The molecule has 1 aromatic rings. The van der Waals surface area contributed by atoms with Crippen LogP contribution in [-0.4, -0.2) is 17.7 Å². The normalized spacial score (nSPS) is 11.0. The Labute approximate surface area is 61.0 Å². The summed E-state index contributed by atoms with van der Waals surface area (Å²) in [5.74, 6) is 0. The van der Waals surface area contributed by atoms with E-state index >= 15 is 0 Å². The van der Waals surface area contributed by atoms with E-state index in [0.717, 1.165) is 6.54 Å². The maximum atomic E-state index is 4.13. The van der Waals surface area contributed by atoms with E-state index < -0.39 is 0 Å². The summed E-state index contributed by atoms with van der Waals surface area (Å²) >= 11 is 0. The van der Waals surface area contributed by atoms with Gasteiger partial charge in [0.2, 0.25) is 0 Å². The average Bonchev–Trinajstić information content (AvgIpc) is 2.31. The van der Waals surface area contributed by atoms with E-state index in [1.807, 2.05) is 25.5 Å². The van der Waals surface area contributed by atoms with E-state index in [4.69, 9.17) is 0 Å². The Morgan fingerprint density at radius 2 is 2.40 bits per heavy atom. The lowest BCUT2D eigenvalue weighted by atomic mass is 10.2. The van der Waals surface area contributed by atoms with Gasteiger partial charge in [0, 0.05) is 30.7 Å². The molecule has 0 amide bonds. The number of rotatable bonds is 2. The molecule has 1 heterocycles. The quantitative estimate of drug-likeness (QED) is 0.600. The van der Waals surface area contributed by atoms with Crippen LogP contribution in [0.5, 0.6) is 0 Å². The van der Waals surface area contributed by atoms with E-state index in [9.17, 15) is 0 Å². The van der Waals surface area contributed by atoms with E-state index in [0.29, 0.717) is 0 Å². The number of hydrogen-bond acceptors (Lipinski definition) is 1. The summed E-state index contributed by atoms with van der Waals surface area (Å²) in [6.45, 7) is 4.94. The van der Waals surface area contributed by atoms with Gasteiger partial charge in [-0.1, -0.05) is 0 Å². The second-order valence-corrected chi connectivity index (χ2v) is 2.22. The molecule has 54 valence electrons. The summed E-state index contributed by atoms with van der Waals surface area (Å²) in [5, 5.41) is 0. The van der Waals surface area contributed by atoms with Crippen LogP contribution in [0.25, 0.3) is 0 Å². The van der Waals surface area contributed by atoms with Crippen LogP contribution in [0.2, 0.25) is 0 Å². The highest BCUT2D eigenvalue weighted by molar-refractivity contribution is 5.81. The molecule has 0 fully saturated rings. The van der Waals surface area contributed by atoms with Crippen molar-refractivity contribution in [3.63, 3.8) is 0 Å². The minimum Gasteiger partial charge on any atom is -0.367 e. The second kappa shape index (κ2) is 3.20. The van der Waals surface area contributed by atoms with Crippen molar-refractivity contribution < 1.29 is 0 Å². The monoisotopic (exact) mass is 136 g/mol. The molecule has 0 aliphatic carbocycles. The smallest absolute Gasteiger partial charge is 0.0361 e. The second-order valence-electron chi connectivity index (χ2n) is 2.22. The summed E-state index contributed by atoms with van der Waals surface area (Å²) < 4.78 is 0. The Morgan fingerprint density at radius 1 is 1.60 bits per heavy atom. The topological polar surface area (TPSA) is 28.1 Å². The van der Waals surface area contributed by atoms with Crippen LogP contribution in [0.4, 0.5) is 0 Å². The van der Waals surface area contributed by atoms with Crippen LogP contribution in [0.3, 0.4) is 0 Å². The van der Waals surface area contributed by atoms with E-state index in [1.165, 1.54) is 11.1 Å². The van der Waals surface area contributed by atoms with Crippen molar-refractivity contribution in [2.45, 2.75) is 13.8 Å². The number of H-pyrrole nitrogens is 1. The van der Waals surface area contributed by atoms with E-state index in [-0.39, 0.29) is 0 Å². The number of aromatic nitrogens is 1. The van der Waals surface area contributed by atoms with Crippen molar-refractivity contribution in [3.8, 4) is 0 Å². The van der Waals surface area contributed by atoms with Crippen LogP contribution >= 0.6 is 0 Å². The molecular formula is C8H12N2. The van der Waals surface area contributed by atoms with Gasteiger partial charge >= 0.3 is 0 Å². The largest absolute Gasteiger partial charge is 0.367 e. The van der Waals surface area contributed by atoms with Gasteiger partial charge < -0.3 is 4.98 Å². The van der Waals surface area contributed by atoms with E-state index in [2.05, 4.69) is 16.9 Å². The highest BCUT2D eigenvalue weighted by atomic mass is 14.7. The molecule has 1 aromatic heterocycles. The Hall–Kier alpha value is -1.05. The SMILES string of the molecule is CC/N=C\c1c[nH]cc1C. The van der Waals surface area contributed by atoms with Gasteiger partial charge in [0.1, 0.15) is 0 Å². The van der Waals surface area contributed by atoms with Crippen LogP contribution in [0.1, 0.15) is 18.1 Å². The zero-order chi connectivity index (χ0) is 7.40. The van der Waals surface area contributed by atoms with Crippen LogP contribution in [0.15, 0.2) is 17.4 Å². The molecule has 0 aromatic carbocycles. The summed E-state index contributed by atoms with van der Waals surface area (Å²) in [4.78, 5) is 7.15. The molecule has 0 radical (unpaired) electrons. The fraction of sp³-hybridized carbons (Fsp3) is 0.375. The Kier molecular flexibility index (Phi) is 2.26. The van der Waals surface area contributed by atoms with Crippen molar-refractivity contribution in [1.82, 2.24) is 4.98 Å². The Morgan fingerprint density at radius 3 is 2.90 bits per heavy atom. The first kappa shape index (κ1) is 7.06.